The van der Waals surface area contributed by atoms with Crippen LogP contribution < -0.4 is 25.3 Å². The van der Waals surface area contributed by atoms with Crippen molar-refractivity contribution >= 4 is 17.7 Å². The van der Waals surface area contributed by atoms with E-state index in [1.165, 1.54) is 6.42 Å². The molecule has 0 aromatic heterocycles. The van der Waals surface area contributed by atoms with Crippen LogP contribution in [0.3, 0.4) is 0 Å². The third-order valence-corrected chi connectivity index (χ3v) is 7.19. The average molecular weight is 490 g/mol. The van der Waals surface area contributed by atoms with E-state index in [2.05, 4.69) is 5.32 Å². The van der Waals surface area contributed by atoms with Crippen molar-refractivity contribution in [3.8, 4) is 17.2 Å². The number of rotatable bonds is 10. The Morgan fingerprint density at radius 3 is 2.17 bits per heavy atom. The number of carbonyl (C=O) groups excluding carboxylic acids is 3. The largest absolute Gasteiger partial charge is 0.493 e. The molecular formula is C26H39N3O6. The second kappa shape index (κ2) is 12.7. The zero-order valence-corrected chi connectivity index (χ0v) is 21.1. The van der Waals surface area contributed by atoms with E-state index in [1.54, 1.807) is 26.2 Å². The third-order valence-electron chi connectivity index (χ3n) is 7.19. The Bertz CT molecular complexity index is 874. The topological polar surface area (TPSA) is 120 Å². The number of hydrogen-bond acceptors (Lipinski definition) is 6. The maximum absolute atomic E-state index is 14.2. The average Bonchev–Trinajstić information content (AvgIpc) is 2.88. The Morgan fingerprint density at radius 1 is 0.971 bits per heavy atom. The summed E-state index contributed by atoms with van der Waals surface area (Å²) in [5.41, 5.74) is 6.02. The van der Waals surface area contributed by atoms with E-state index in [9.17, 15) is 14.4 Å². The van der Waals surface area contributed by atoms with Crippen LogP contribution >= 0.6 is 0 Å². The highest BCUT2D eigenvalue weighted by molar-refractivity contribution is 5.91. The lowest BCUT2D eigenvalue weighted by molar-refractivity contribution is -0.144. The first kappa shape index (κ1) is 26.6. The first-order valence-electron chi connectivity index (χ1n) is 12.6. The molecule has 2 atom stereocenters. The maximum atomic E-state index is 14.2. The molecule has 2 aliphatic rings. The molecular weight excluding hydrogens is 450 g/mol. The molecule has 2 fully saturated rings. The van der Waals surface area contributed by atoms with Crippen LogP contribution in [0.2, 0.25) is 0 Å². The van der Waals surface area contributed by atoms with Crippen molar-refractivity contribution in [2.75, 3.05) is 34.4 Å². The number of ether oxygens (including phenoxy) is 3. The second-order valence-corrected chi connectivity index (χ2v) is 9.38. The monoisotopic (exact) mass is 489 g/mol. The Hall–Kier alpha value is -2.97. The Kier molecular flexibility index (Phi) is 9.63. The molecule has 0 radical (unpaired) electrons. The van der Waals surface area contributed by atoms with E-state index in [0.29, 0.717) is 30.2 Å². The number of primary amides is 1. The Balaban J connectivity index is 1.95. The van der Waals surface area contributed by atoms with Crippen molar-refractivity contribution in [3.63, 3.8) is 0 Å². The summed E-state index contributed by atoms with van der Waals surface area (Å²) < 4.78 is 16.6. The smallest absolute Gasteiger partial charge is 0.242 e. The highest BCUT2D eigenvalue weighted by atomic mass is 16.5. The first-order valence-corrected chi connectivity index (χ1v) is 12.6. The molecule has 1 aromatic rings. The molecule has 1 aliphatic heterocycles. The number of methoxy groups -OCH3 is 3. The minimum absolute atomic E-state index is 0.0408. The predicted octanol–water partition coefficient (Wildman–Crippen LogP) is 2.75. The fourth-order valence-corrected chi connectivity index (χ4v) is 5.44. The second-order valence-electron chi connectivity index (χ2n) is 9.38. The molecule has 0 spiro atoms. The maximum Gasteiger partial charge on any atom is 0.242 e. The van der Waals surface area contributed by atoms with E-state index >= 15 is 0 Å². The summed E-state index contributed by atoms with van der Waals surface area (Å²) in [6.07, 6.45) is 7.63. The van der Waals surface area contributed by atoms with Crippen molar-refractivity contribution in [2.24, 2.45) is 11.7 Å². The molecule has 3 rings (SSSR count). The summed E-state index contributed by atoms with van der Waals surface area (Å²) in [6.45, 7) is 0.700. The van der Waals surface area contributed by atoms with Gasteiger partial charge < -0.3 is 30.2 Å². The summed E-state index contributed by atoms with van der Waals surface area (Å²) >= 11 is 0. The van der Waals surface area contributed by atoms with Crippen LogP contribution in [0.25, 0.3) is 0 Å². The van der Waals surface area contributed by atoms with Crippen LogP contribution in [0.5, 0.6) is 17.2 Å². The van der Waals surface area contributed by atoms with E-state index in [0.717, 1.165) is 44.1 Å². The molecule has 9 nitrogen and oxygen atoms in total. The molecule has 1 saturated carbocycles. The molecule has 35 heavy (non-hydrogen) atoms. The fourth-order valence-electron chi connectivity index (χ4n) is 5.44. The van der Waals surface area contributed by atoms with Gasteiger partial charge in [0, 0.05) is 19.5 Å². The summed E-state index contributed by atoms with van der Waals surface area (Å²) in [5.74, 6) is 0.514. The number of nitrogens with zero attached hydrogens (tertiary/aromatic N) is 1. The van der Waals surface area contributed by atoms with Crippen LogP contribution in [0.15, 0.2) is 12.1 Å². The van der Waals surface area contributed by atoms with Gasteiger partial charge in [-0.15, -0.1) is 0 Å². The number of hydrogen-bond donors (Lipinski definition) is 2. The molecule has 1 aliphatic carbocycles. The number of nitrogens with one attached hydrogen (secondary N) is 1. The lowest BCUT2D eigenvalue weighted by Crippen LogP contribution is -2.54. The van der Waals surface area contributed by atoms with Gasteiger partial charge in [-0.05, 0) is 55.7 Å². The third kappa shape index (κ3) is 6.38. The lowest BCUT2D eigenvalue weighted by Gasteiger charge is -2.39. The molecule has 1 heterocycles. The van der Waals surface area contributed by atoms with E-state index in [4.69, 9.17) is 19.9 Å². The van der Waals surface area contributed by atoms with Crippen LogP contribution in [-0.4, -0.2) is 63.1 Å². The lowest BCUT2D eigenvalue weighted by atomic mass is 9.75. The van der Waals surface area contributed by atoms with Crippen molar-refractivity contribution in [1.82, 2.24) is 10.2 Å². The highest BCUT2D eigenvalue weighted by Gasteiger charge is 2.40. The van der Waals surface area contributed by atoms with Gasteiger partial charge in [0.2, 0.25) is 23.5 Å². The Labute approximate surface area is 207 Å². The van der Waals surface area contributed by atoms with Crippen LogP contribution in [0.4, 0.5) is 0 Å². The van der Waals surface area contributed by atoms with Crippen LogP contribution in [0, 0.1) is 5.92 Å². The first-order chi connectivity index (χ1) is 16.9. The van der Waals surface area contributed by atoms with Gasteiger partial charge in [0.1, 0.15) is 6.04 Å². The standard InChI is InChI=1S/C26H39N3O6/c1-33-20-15-18(16-21(34-2)24(20)35-3)23(17-9-5-4-6-10-17)26(32)29-14-8-7-11-19(29)25(31)28-13-12-22(27)30/h15-17,19,23H,4-14H2,1-3H3,(H2,27,30)(H,28,31)/t19-,23-/m0/s1. The summed E-state index contributed by atoms with van der Waals surface area (Å²) in [5, 5.41) is 2.79. The molecule has 3 amide bonds. The van der Waals surface area contributed by atoms with Crippen LogP contribution in [0.1, 0.15) is 69.3 Å². The van der Waals surface area contributed by atoms with Crippen molar-refractivity contribution in [2.45, 2.75) is 69.7 Å². The molecule has 1 aromatic carbocycles. The van der Waals surface area contributed by atoms with Gasteiger partial charge in [-0.2, -0.15) is 0 Å². The minimum Gasteiger partial charge on any atom is -0.493 e. The normalized spacial score (nSPS) is 19.5. The SMILES string of the molecule is COc1cc([C@@H](C(=O)N2CCCC[C@H]2C(=O)NCCC(N)=O)C2CCCCC2)cc(OC)c1OC. The summed E-state index contributed by atoms with van der Waals surface area (Å²) in [4.78, 5) is 40.0. The van der Waals surface area contributed by atoms with Crippen molar-refractivity contribution < 1.29 is 28.6 Å². The van der Waals surface area contributed by atoms with Gasteiger partial charge in [-0.25, -0.2) is 0 Å². The number of likely N-dealkylation sites (tertiary alicyclic amines) is 1. The van der Waals surface area contributed by atoms with Gasteiger partial charge in [0.25, 0.3) is 0 Å². The van der Waals surface area contributed by atoms with Gasteiger partial charge >= 0.3 is 0 Å². The number of carbonyl (C=O) groups is 3. The van der Waals surface area contributed by atoms with E-state index in [-0.39, 0.29) is 30.7 Å². The zero-order chi connectivity index (χ0) is 25.4. The van der Waals surface area contributed by atoms with Gasteiger partial charge in [-0.1, -0.05) is 19.3 Å². The molecule has 3 N–H and O–H groups in total. The van der Waals surface area contributed by atoms with Crippen LogP contribution in [-0.2, 0) is 14.4 Å². The van der Waals surface area contributed by atoms with Gasteiger partial charge in [0.05, 0.1) is 27.2 Å². The summed E-state index contributed by atoms with van der Waals surface area (Å²) in [6, 6.07) is 3.17. The predicted molar refractivity (Wildman–Crippen MR) is 132 cm³/mol. The number of benzene rings is 1. The molecule has 0 unspecified atom stereocenters. The molecule has 194 valence electrons. The number of amides is 3. The zero-order valence-electron chi connectivity index (χ0n) is 21.1. The fraction of sp³-hybridized carbons (Fsp3) is 0.654. The minimum atomic E-state index is -0.558. The molecule has 9 heteroatoms. The summed E-state index contributed by atoms with van der Waals surface area (Å²) in [7, 11) is 4.68. The Morgan fingerprint density at radius 2 is 1.60 bits per heavy atom. The molecule has 1 saturated heterocycles. The molecule has 0 bridgehead atoms. The van der Waals surface area contributed by atoms with Crippen molar-refractivity contribution in [1.29, 1.82) is 0 Å². The van der Waals surface area contributed by atoms with E-state index < -0.39 is 17.9 Å². The van der Waals surface area contributed by atoms with Crippen molar-refractivity contribution in [3.05, 3.63) is 17.7 Å². The van der Waals surface area contributed by atoms with Gasteiger partial charge in [-0.3, -0.25) is 14.4 Å². The number of piperidine rings is 1. The van der Waals surface area contributed by atoms with E-state index in [1.807, 2.05) is 12.1 Å². The number of nitrogens with two attached hydrogens (primary N) is 1. The highest BCUT2D eigenvalue weighted by Crippen LogP contribution is 2.45. The van der Waals surface area contributed by atoms with Gasteiger partial charge in [0.15, 0.2) is 11.5 Å². The quantitative estimate of drug-likeness (QED) is 0.521.